The van der Waals surface area contributed by atoms with E-state index in [9.17, 15) is 4.79 Å². The number of carbonyl (C=O) groups excluding carboxylic acids is 1. The van der Waals surface area contributed by atoms with Crippen molar-refractivity contribution in [2.45, 2.75) is 18.2 Å². The molecule has 1 aromatic heterocycles. The fourth-order valence-electron chi connectivity index (χ4n) is 2.33. The van der Waals surface area contributed by atoms with E-state index in [0.29, 0.717) is 18.8 Å². The minimum Gasteiger partial charge on any atom is -0.472 e. The zero-order valence-corrected chi connectivity index (χ0v) is 11.4. The Labute approximate surface area is 112 Å². The first-order valence-corrected chi connectivity index (χ1v) is 6.11. The number of carbonyl (C=O) groups is 1. The van der Waals surface area contributed by atoms with Gasteiger partial charge in [-0.3, -0.25) is 4.79 Å². The van der Waals surface area contributed by atoms with E-state index in [1.807, 2.05) is 0 Å². The molecule has 0 radical (unpaired) electrons. The number of ether oxygens (including phenoxy) is 3. The first-order valence-electron chi connectivity index (χ1n) is 6.11. The molecule has 6 nitrogen and oxygen atoms in total. The van der Waals surface area contributed by atoms with Gasteiger partial charge in [-0.05, 0) is 6.07 Å². The van der Waals surface area contributed by atoms with Crippen molar-refractivity contribution in [3.05, 3.63) is 24.2 Å². The third-order valence-corrected chi connectivity index (χ3v) is 3.48. The van der Waals surface area contributed by atoms with Gasteiger partial charge in [-0.25, -0.2) is 0 Å². The maximum Gasteiger partial charge on any atom is 0.257 e. The Kier molecular flexibility index (Phi) is 4.57. The summed E-state index contributed by atoms with van der Waals surface area (Å²) in [7, 11) is 4.96. The van der Waals surface area contributed by atoms with Crippen LogP contribution in [0.15, 0.2) is 23.0 Å². The zero-order valence-electron chi connectivity index (χ0n) is 11.4. The molecule has 1 saturated heterocycles. The predicted molar refractivity (Wildman–Crippen MR) is 67.0 cm³/mol. The average molecular weight is 269 g/mol. The highest BCUT2D eigenvalue weighted by Gasteiger charge is 2.38. The molecule has 1 aliphatic rings. The van der Waals surface area contributed by atoms with Crippen molar-refractivity contribution in [2.75, 3.05) is 34.5 Å². The number of nitrogens with zero attached hydrogens (tertiary/aromatic N) is 1. The standard InChI is InChI=1S/C13H19NO5/c1-14(13(15)9-4-5-18-6-9)10-7-19-8-11(16-2)12(10)17-3/h4-6,10-12H,7-8H2,1-3H3/t10-,11-,12+/m1/s1. The second-order valence-electron chi connectivity index (χ2n) is 4.51. The summed E-state index contributed by atoms with van der Waals surface area (Å²) in [5, 5.41) is 0. The van der Waals surface area contributed by atoms with Crippen LogP contribution < -0.4 is 0 Å². The lowest BCUT2D eigenvalue weighted by Crippen LogP contribution is -2.57. The second kappa shape index (κ2) is 6.18. The van der Waals surface area contributed by atoms with Crippen molar-refractivity contribution in [1.29, 1.82) is 0 Å². The summed E-state index contributed by atoms with van der Waals surface area (Å²) in [6.07, 6.45) is 2.52. The molecule has 1 fully saturated rings. The molecule has 1 aromatic rings. The molecule has 19 heavy (non-hydrogen) atoms. The molecule has 106 valence electrons. The summed E-state index contributed by atoms with van der Waals surface area (Å²) < 4.78 is 21.2. The number of likely N-dealkylation sites (N-methyl/N-ethyl adjacent to an activating group) is 1. The monoisotopic (exact) mass is 269 g/mol. The average Bonchev–Trinajstić information content (AvgIpc) is 2.98. The fraction of sp³-hybridized carbons (Fsp3) is 0.615. The molecule has 2 heterocycles. The molecule has 3 atom stereocenters. The summed E-state index contributed by atoms with van der Waals surface area (Å²) in [6, 6.07) is 1.45. The zero-order chi connectivity index (χ0) is 13.8. The molecule has 0 N–H and O–H groups in total. The molecule has 0 aliphatic carbocycles. The van der Waals surface area contributed by atoms with Crippen LogP contribution in [0.2, 0.25) is 0 Å². The third kappa shape index (κ3) is 2.80. The van der Waals surface area contributed by atoms with Gasteiger partial charge in [0.2, 0.25) is 0 Å². The van der Waals surface area contributed by atoms with Crippen LogP contribution in [-0.4, -0.2) is 63.5 Å². The van der Waals surface area contributed by atoms with Crippen LogP contribution in [-0.2, 0) is 14.2 Å². The van der Waals surface area contributed by atoms with Gasteiger partial charge in [0.25, 0.3) is 5.91 Å². The van der Waals surface area contributed by atoms with E-state index in [1.165, 1.54) is 12.5 Å². The lowest BCUT2D eigenvalue weighted by molar-refractivity contribution is -0.147. The van der Waals surface area contributed by atoms with Gasteiger partial charge in [-0.2, -0.15) is 0 Å². The SMILES string of the molecule is CO[C@H]1[C@H](N(C)C(=O)c2ccoc2)COC[C@H]1OC. The highest BCUT2D eigenvalue weighted by molar-refractivity contribution is 5.93. The molecule has 0 bridgehead atoms. The van der Waals surface area contributed by atoms with Gasteiger partial charge in [0.1, 0.15) is 18.5 Å². The minimum atomic E-state index is -0.209. The number of methoxy groups -OCH3 is 2. The summed E-state index contributed by atoms with van der Waals surface area (Å²) in [6.45, 7) is 0.901. The molecular formula is C13H19NO5. The number of furan rings is 1. The smallest absolute Gasteiger partial charge is 0.257 e. The highest BCUT2D eigenvalue weighted by Crippen LogP contribution is 2.20. The Balaban J connectivity index is 2.12. The number of hydrogen-bond acceptors (Lipinski definition) is 5. The van der Waals surface area contributed by atoms with Crippen LogP contribution in [0.5, 0.6) is 0 Å². The van der Waals surface area contributed by atoms with E-state index in [-0.39, 0.29) is 24.2 Å². The Morgan fingerprint density at radius 2 is 2.16 bits per heavy atom. The third-order valence-electron chi connectivity index (χ3n) is 3.48. The molecule has 1 aliphatic heterocycles. The second-order valence-corrected chi connectivity index (χ2v) is 4.51. The van der Waals surface area contributed by atoms with E-state index in [0.717, 1.165) is 0 Å². The molecule has 0 saturated carbocycles. The van der Waals surface area contributed by atoms with Crippen LogP contribution >= 0.6 is 0 Å². The Bertz CT molecular complexity index is 405. The van der Waals surface area contributed by atoms with Crippen LogP contribution in [0.4, 0.5) is 0 Å². The summed E-state index contributed by atoms with van der Waals surface area (Å²) >= 11 is 0. The predicted octanol–water partition coefficient (Wildman–Crippen LogP) is 0.780. The maximum atomic E-state index is 12.3. The van der Waals surface area contributed by atoms with Gasteiger partial charge in [0.05, 0.1) is 31.1 Å². The van der Waals surface area contributed by atoms with Crippen LogP contribution in [0.25, 0.3) is 0 Å². The summed E-state index contributed by atoms with van der Waals surface area (Å²) in [5.74, 6) is -0.124. The van der Waals surface area contributed by atoms with Gasteiger partial charge in [-0.15, -0.1) is 0 Å². The van der Waals surface area contributed by atoms with Crippen molar-refractivity contribution >= 4 is 5.91 Å². The van der Waals surface area contributed by atoms with Crippen molar-refractivity contribution in [3.8, 4) is 0 Å². The minimum absolute atomic E-state index is 0.124. The quantitative estimate of drug-likeness (QED) is 0.808. The summed E-state index contributed by atoms with van der Waals surface area (Å²) in [5.41, 5.74) is 0.511. The Morgan fingerprint density at radius 3 is 2.74 bits per heavy atom. The van der Waals surface area contributed by atoms with E-state index in [2.05, 4.69) is 0 Å². The normalized spacial score (nSPS) is 27.2. The van der Waals surface area contributed by atoms with Crippen LogP contribution in [0.1, 0.15) is 10.4 Å². The Morgan fingerprint density at radius 1 is 1.37 bits per heavy atom. The van der Waals surface area contributed by atoms with E-state index in [1.54, 1.807) is 32.2 Å². The van der Waals surface area contributed by atoms with Crippen LogP contribution in [0.3, 0.4) is 0 Å². The van der Waals surface area contributed by atoms with Crippen molar-refractivity contribution in [3.63, 3.8) is 0 Å². The van der Waals surface area contributed by atoms with Crippen molar-refractivity contribution in [1.82, 2.24) is 4.90 Å². The molecule has 1 amide bonds. The molecule has 2 rings (SSSR count). The summed E-state index contributed by atoms with van der Waals surface area (Å²) in [4.78, 5) is 13.9. The van der Waals surface area contributed by atoms with Crippen molar-refractivity contribution < 1.29 is 23.4 Å². The van der Waals surface area contributed by atoms with Gasteiger partial charge < -0.3 is 23.5 Å². The number of amides is 1. The Hall–Kier alpha value is -1.37. The highest BCUT2D eigenvalue weighted by atomic mass is 16.6. The first-order chi connectivity index (χ1) is 9.19. The van der Waals surface area contributed by atoms with E-state index in [4.69, 9.17) is 18.6 Å². The molecular weight excluding hydrogens is 250 g/mol. The van der Waals surface area contributed by atoms with Gasteiger partial charge in [-0.1, -0.05) is 0 Å². The van der Waals surface area contributed by atoms with Gasteiger partial charge >= 0.3 is 0 Å². The largest absolute Gasteiger partial charge is 0.472 e. The fourth-order valence-corrected chi connectivity index (χ4v) is 2.33. The molecule has 0 spiro atoms. The van der Waals surface area contributed by atoms with Gasteiger partial charge in [0, 0.05) is 21.3 Å². The van der Waals surface area contributed by atoms with Gasteiger partial charge in [0.15, 0.2) is 0 Å². The van der Waals surface area contributed by atoms with Crippen LogP contribution in [0, 0.1) is 0 Å². The maximum absolute atomic E-state index is 12.3. The van der Waals surface area contributed by atoms with E-state index >= 15 is 0 Å². The number of hydrogen-bond donors (Lipinski definition) is 0. The topological polar surface area (TPSA) is 61.1 Å². The number of rotatable bonds is 4. The molecule has 6 heteroatoms. The molecule has 0 unspecified atom stereocenters. The molecule has 0 aromatic carbocycles. The lowest BCUT2D eigenvalue weighted by Gasteiger charge is -2.40. The van der Waals surface area contributed by atoms with Crippen molar-refractivity contribution in [2.24, 2.45) is 0 Å². The lowest BCUT2D eigenvalue weighted by atomic mass is 10.0. The first kappa shape index (κ1) is 14.0. The van der Waals surface area contributed by atoms with E-state index < -0.39 is 0 Å².